The molecule has 2 rings (SSSR count). The molecule has 160 valence electrons. The molecule has 0 bridgehead atoms. The van der Waals surface area contributed by atoms with E-state index in [1.165, 1.54) is 0 Å². The normalized spacial score (nSPS) is 12.0. The number of carbonyl (C=O) groups is 2. The van der Waals surface area contributed by atoms with Crippen LogP contribution >= 0.6 is 46.4 Å². The molecule has 0 aromatic heterocycles. The fourth-order valence-electron chi connectivity index (χ4n) is 2.95. The van der Waals surface area contributed by atoms with Gasteiger partial charge in [-0.05, 0) is 59.4 Å². The molecule has 8 heteroatoms. The molecule has 0 aliphatic heterocycles. The van der Waals surface area contributed by atoms with Gasteiger partial charge in [-0.2, -0.15) is 0 Å². The van der Waals surface area contributed by atoms with Gasteiger partial charge < -0.3 is 9.47 Å². The fourth-order valence-corrected chi connectivity index (χ4v) is 3.13. The zero-order valence-corrected chi connectivity index (χ0v) is 19.4. The minimum Gasteiger partial charge on any atom is -0.425 e. The third kappa shape index (κ3) is 6.64. The Hall–Kier alpha value is -1.72. The molecule has 0 radical (unpaired) electrons. The predicted molar refractivity (Wildman–Crippen MR) is 123 cm³/mol. The lowest BCUT2D eigenvalue weighted by Crippen LogP contribution is -2.15. The Morgan fingerprint density at radius 3 is 1.20 bits per heavy atom. The number of halogens is 4. The Bertz CT molecular complexity index is 828. The highest BCUT2D eigenvalue weighted by molar-refractivity contribution is 6.53. The number of benzene rings is 2. The number of alkyl halides is 4. The first-order valence-corrected chi connectivity index (χ1v) is 10.9. The number of hydrogen-bond donors (Lipinski definition) is 0. The van der Waals surface area contributed by atoms with Crippen LogP contribution in [0.5, 0.6) is 11.5 Å². The summed E-state index contributed by atoms with van der Waals surface area (Å²) in [5, 5.41) is 0. The van der Waals surface area contributed by atoms with Gasteiger partial charge in [-0.15, -0.1) is 0 Å². The summed E-state index contributed by atoms with van der Waals surface area (Å²) in [7, 11) is 0. The summed E-state index contributed by atoms with van der Waals surface area (Å²) >= 11 is 22.0. The molecular weight excluding hydrogens is 470 g/mol. The maximum atomic E-state index is 11.5. The Morgan fingerprint density at radius 2 is 0.967 bits per heavy atom. The van der Waals surface area contributed by atoms with Crippen LogP contribution in [0.3, 0.4) is 0 Å². The van der Waals surface area contributed by atoms with Crippen LogP contribution in [0.1, 0.15) is 37.8 Å². The van der Waals surface area contributed by atoms with E-state index in [1.54, 1.807) is 24.3 Å². The van der Waals surface area contributed by atoms with Crippen molar-refractivity contribution in [1.29, 1.82) is 0 Å². The topological polar surface area (TPSA) is 52.6 Å². The van der Waals surface area contributed by atoms with Crippen LogP contribution in [0, 0.1) is 0 Å². The largest absolute Gasteiger partial charge is 0.425 e. The second-order valence-corrected chi connectivity index (χ2v) is 8.35. The molecule has 0 atom stereocenters. The van der Waals surface area contributed by atoms with E-state index in [0.29, 0.717) is 11.5 Å². The second-order valence-electron chi connectivity index (χ2n) is 6.16. The van der Waals surface area contributed by atoms with Crippen LogP contribution in [0.2, 0.25) is 0 Å². The first-order chi connectivity index (χ1) is 14.3. The zero-order valence-electron chi connectivity index (χ0n) is 16.3. The minimum absolute atomic E-state index is 0.367. The molecule has 0 unspecified atom stereocenters. The highest BCUT2D eigenvalue weighted by Crippen LogP contribution is 2.33. The van der Waals surface area contributed by atoms with Crippen molar-refractivity contribution in [2.75, 3.05) is 0 Å². The van der Waals surface area contributed by atoms with Crippen molar-refractivity contribution in [3.63, 3.8) is 0 Å². The summed E-state index contributed by atoms with van der Waals surface area (Å²) in [6, 6.07) is 14.3. The smallest absolute Gasteiger partial charge is 0.344 e. The minimum atomic E-state index is -1.23. The first kappa shape index (κ1) is 24.5. The zero-order chi connectivity index (χ0) is 22.3. The van der Waals surface area contributed by atoms with Crippen LogP contribution in [-0.2, 0) is 9.59 Å². The van der Waals surface area contributed by atoms with E-state index in [0.717, 1.165) is 35.1 Å². The van der Waals surface area contributed by atoms with Gasteiger partial charge in [0.25, 0.3) is 0 Å². The maximum Gasteiger partial charge on any atom is 0.344 e. The van der Waals surface area contributed by atoms with Crippen molar-refractivity contribution in [1.82, 2.24) is 0 Å². The molecule has 0 aliphatic rings. The van der Waals surface area contributed by atoms with Crippen molar-refractivity contribution in [3.8, 4) is 11.5 Å². The van der Waals surface area contributed by atoms with Gasteiger partial charge in [0.2, 0.25) is 9.67 Å². The molecule has 0 saturated heterocycles. The summed E-state index contributed by atoms with van der Waals surface area (Å²) in [5.41, 5.74) is 4.30. The molecular formula is C22H20Cl4O4. The molecule has 0 spiro atoms. The number of rotatable bonds is 8. The van der Waals surface area contributed by atoms with Gasteiger partial charge in [0, 0.05) is 0 Å². The van der Waals surface area contributed by atoms with E-state index in [4.69, 9.17) is 55.9 Å². The van der Waals surface area contributed by atoms with Gasteiger partial charge in [0.05, 0.1) is 0 Å². The highest BCUT2D eigenvalue weighted by atomic mass is 35.5. The number of allylic oxidation sites excluding steroid dienone is 2. The number of carbonyl (C=O) groups excluding carboxylic acids is 2. The average Bonchev–Trinajstić information content (AvgIpc) is 2.73. The quantitative estimate of drug-likeness (QED) is 0.176. The Labute approximate surface area is 195 Å². The van der Waals surface area contributed by atoms with Gasteiger partial charge in [-0.3, -0.25) is 0 Å². The molecule has 0 aliphatic carbocycles. The van der Waals surface area contributed by atoms with Crippen molar-refractivity contribution in [2.24, 2.45) is 0 Å². The Morgan fingerprint density at radius 1 is 0.667 bits per heavy atom. The molecule has 0 saturated carbocycles. The van der Waals surface area contributed by atoms with E-state index in [1.807, 2.05) is 24.3 Å². The fraction of sp³-hybridized carbons (Fsp3) is 0.273. The summed E-state index contributed by atoms with van der Waals surface area (Å²) in [6.45, 7) is 4.14. The van der Waals surface area contributed by atoms with Crippen molar-refractivity contribution in [2.45, 2.75) is 36.4 Å². The van der Waals surface area contributed by atoms with Crippen molar-refractivity contribution < 1.29 is 19.1 Å². The maximum absolute atomic E-state index is 11.5. The number of esters is 2. The summed E-state index contributed by atoms with van der Waals surface area (Å²) in [6.07, 6.45) is 1.59. The predicted octanol–water partition coefficient (Wildman–Crippen LogP) is 6.84. The third-order valence-electron chi connectivity index (χ3n) is 4.27. The van der Waals surface area contributed by atoms with Gasteiger partial charge in [0.1, 0.15) is 11.5 Å². The number of ether oxygens (including phenoxy) is 2. The molecule has 2 aromatic carbocycles. The second kappa shape index (κ2) is 11.6. The monoisotopic (exact) mass is 488 g/mol. The molecule has 0 fully saturated rings. The first-order valence-electron chi connectivity index (χ1n) is 9.19. The molecule has 0 N–H and O–H groups in total. The molecule has 0 heterocycles. The summed E-state index contributed by atoms with van der Waals surface area (Å²) in [5.74, 6) is -0.706. The van der Waals surface area contributed by atoms with Crippen LogP contribution in [0.15, 0.2) is 48.5 Å². The van der Waals surface area contributed by atoms with E-state index in [-0.39, 0.29) is 0 Å². The van der Waals surface area contributed by atoms with E-state index in [9.17, 15) is 9.59 Å². The van der Waals surface area contributed by atoms with Crippen LogP contribution in [-0.4, -0.2) is 21.6 Å². The van der Waals surface area contributed by atoms with Gasteiger partial charge >= 0.3 is 11.9 Å². The van der Waals surface area contributed by atoms with Gasteiger partial charge in [0.15, 0.2) is 0 Å². The van der Waals surface area contributed by atoms with E-state index in [2.05, 4.69) is 13.8 Å². The third-order valence-corrected chi connectivity index (χ3v) is 4.98. The Kier molecular flexibility index (Phi) is 9.50. The highest BCUT2D eigenvalue weighted by Gasteiger charge is 2.16. The van der Waals surface area contributed by atoms with Crippen LogP contribution < -0.4 is 9.47 Å². The van der Waals surface area contributed by atoms with Crippen LogP contribution in [0.4, 0.5) is 0 Å². The molecule has 4 nitrogen and oxygen atoms in total. The van der Waals surface area contributed by atoms with Crippen LogP contribution in [0.25, 0.3) is 11.1 Å². The lowest BCUT2D eigenvalue weighted by Gasteiger charge is -2.15. The molecule has 2 aromatic rings. The van der Waals surface area contributed by atoms with Crippen molar-refractivity contribution >= 4 is 69.5 Å². The summed E-state index contributed by atoms with van der Waals surface area (Å²) < 4.78 is 10.2. The molecule has 30 heavy (non-hydrogen) atoms. The summed E-state index contributed by atoms with van der Waals surface area (Å²) in [4.78, 5) is 20.6. The lowest BCUT2D eigenvalue weighted by molar-refractivity contribution is -0.133. The lowest BCUT2D eigenvalue weighted by atomic mass is 9.91. The van der Waals surface area contributed by atoms with Gasteiger partial charge in [-0.1, -0.05) is 84.5 Å². The van der Waals surface area contributed by atoms with E-state index < -0.39 is 21.6 Å². The average molecular weight is 490 g/mol. The Balaban J connectivity index is 2.29. The van der Waals surface area contributed by atoms with Crippen molar-refractivity contribution in [3.05, 3.63) is 59.7 Å². The van der Waals surface area contributed by atoms with Gasteiger partial charge in [-0.25, -0.2) is 9.59 Å². The van der Waals surface area contributed by atoms with E-state index >= 15 is 0 Å². The SMILES string of the molecule is CC/C(=C(/CC)c1ccc(OC(=O)C(Cl)Cl)cc1)c1ccc(OC(=O)C(Cl)Cl)cc1. The number of hydrogen-bond acceptors (Lipinski definition) is 4. The molecule has 0 amide bonds. The standard InChI is InChI=1S/C22H20Cl4O4/c1-3-17(13-5-9-15(10-6-13)29-21(27)19(23)24)18(4-2)14-7-11-16(12-8-14)30-22(28)20(25)26/h5-12,19-20H,3-4H2,1-2H3/b18-17+.